The van der Waals surface area contributed by atoms with Gasteiger partial charge in [0.05, 0.1) is 6.10 Å². The third-order valence-corrected chi connectivity index (χ3v) is 7.62. The molecule has 4 atom stereocenters. The van der Waals surface area contributed by atoms with Gasteiger partial charge in [-0.05, 0) is 55.4 Å². The first-order valence-corrected chi connectivity index (χ1v) is 12.0. The largest absolute Gasteiger partial charge is 0.508 e. The van der Waals surface area contributed by atoms with Crippen LogP contribution in [-0.2, 0) is 10.2 Å². The van der Waals surface area contributed by atoms with Gasteiger partial charge in [0.15, 0.2) is 0 Å². The first kappa shape index (κ1) is 24.0. The van der Waals surface area contributed by atoms with Crippen LogP contribution < -0.4 is 10.1 Å². The molecule has 2 heterocycles. The van der Waals surface area contributed by atoms with Crippen LogP contribution in [0.1, 0.15) is 64.5 Å². The van der Waals surface area contributed by atoms with Crippen LogP contribution in [0.5, 0.6) is 11.5 Å². The van der Waals surface area contributed by atoms with Gasteiger partial charge in [-0.3, -0.25) is 9.69 Å². The summed E-state index contributed by atoms with van der Waals surface area (Å²) in [6, 6.07) is 3.32. The van der Waals surface area contributed by atoms with Crippen molar-refractivity contribution in [2.75, 3.05) is 26.2 Å². The second-order valence-corrected chi connectivity index (χ2v) is 11.4. The summed E-state index contributed by atoms with van der Waals surface area (Å²) in [5, 5.41) is 34.4. The minimum atomic E-state index is -0.861. The van der Waals surface area contributed by atoms with Gasteiger partial charge in [-0.2, -0.15) is 0 Å². The van der Waals surface area contributed by atoms with Crippen LogP contribution in [0, 0.1) is 5.92 Å². The third-order valence-electron chi connectivity index (χ3n) is 7.62. The Bertz CT molecular complexity index is 949. The molecule has 0 bridgehead atoms. The minimum absolute atomic E-state index is 0.0576. The van der Waals surface area contributed by atoms with E-state index in [1.807, 2.05) is 11.0 Å². The van der Waals surface area contributed by atoms with E-state index in [2.05, 4.69) is 52.1 Å². The summed E-state index contributed by atoms with van der Waals surface area (Å²) in [6.07, 6.45) is 2.88. The molecule has 0 amide bonds. The Labute approximate surface area is 196 Å². The summed E-state index contributed by atoms with van der Waals surface area (Å²) in [5.41, 5.74) is 2.34. The average molecular weight is 459 g/mol. The first-order chi connectivity index (χ1) is 15.4. The number of phenols is 1. The van der Waals surface area contributed by atoms with Gasteiger partial charge in [-0.15, -0.1) is 0 Å². The number of benzene rings is 1. The van der Waals surface area contributed by atoms with Gasteiger partial charge in [-0.1, -0.05) is 26.8 Å². The zero-order valence-electron chi connectivity index (χ0n) is 20.4. The lowest BCUT2D eigenvalue weighted by Crippen LogP contribution is -2.55. The molecule has 4 N–H and O–H groups in total. The van der Waals surface area contributed by atoms with Crippen LogP contribution in [0.3, 0.4) is 0 Å². The van der Waals surface area contributed by atoms with Crippen molar-refractivity contribution in [2.45, 2.75) is 76.5 Å². The molecular formula is C26H38N2O5. The maximum atomic E-state index is 11.3. The summed E-state index contributed by atoms with van der Waals surface area (Å²) in [6.45, 7) is 12.7. The molecule has 7 heteroatoms. The number of allylic oxidation sites excluding steroid dienone is 1. The number of rotatable bonds is 4. The van der Waals surface area contributed by atoms with Crippen molar-refractivity contribution >= 4 is 5.97 Å². The molecule has 2 unspecified atom stereocenters. The zero-order chi connectivity index (χ0) is 24.1. The molecule has 33 heavy (non-hydrogen) atoms. The van der Waals surface area contributed by atoms with Crippen LogP contribution in [0.25, 0.3) is 0 Å². The molecule has 1 aromatic carbocycles. The van der Waals surface area contributed by atoms with Crippen molar-refractivity contribution in [3.05, 3.63) is 34.9 Å². The number of carboxylic acids is 1. The Kier molecular flexibility index (Phi) is 6.27. The molecule has 0 spiro atoms. The molecule has 4 rings (SSSR count). The highest BCUT2D eigenvalue weighted by Crippen LogP contribution is 2.55. The predicted octanol–water partition coefficient (Wildman–Crippen LogP) is 3.00. The number of hydrogen-bond acceptors (Lipinski definition) is 6. The molecule has 7 nitrogen and oxygen atoms in total. The van der Waals surface area contributed by atoms with Gasteiger partial charge in [-0.25, -0.2) is 0 Å². The number of aromatic hydroxyl groups is 1. The van der Waals surface area contributed by atoms with Crippen molar-refractivity contribution in [2.24, 2.45) is 5.92 Å². The van der Waals surface area contributed by atoms with Crippen molar-refractivity contribution in [3.8, 4) is 11.5 Å². The number of hydrogen-bond donors (Lipinski definition) is 4. The summed E-state index contributed by atoms with van der Waals surface area (Å²) in [4.78, 5) is 13.4. The average Bonchev–Trinajstić information content (AvgIpc) is 2.72. The second kappa shape index (κ2) is 8.60. The number of nitrogens with one attached hydrogen (secondary N) is 1. The predicted molar refractivity (Wildman–Crippen MR) is 127 cm³/mol. The molecule has 182 valence electrons. The van der Waals surface area contributed by atoms with E-state index >= 15 is 0 Å². The number of aliphatic hydroxyl groups excluding tert-OH is 1. The van der Waals surface area contributed by atoms with Crippen LogP contribution in [0.2, 0.25) is 0 Å². The van der Waals surface area contributed by atoms with E-state index in [9.17, 15) is 20.1 Å². The highest BCUT2D eigenvalue weighted by molar-refractivity contribution is 5.73. The van der Waals surface area contributed by atoms with Crippen LogP contribution in [-0.4, -0.2) is 70.1 Å². The highest BCUT2D eigenvalue weighted by atomic mass is 16.5. The summed E-state index contributed by atoms with van der Waals surface area (Å²) in [7, 11) is 0. The smallest absolute Gasteiger partial charge is 0.322 e. The number of carboxylic acid groups (broad SMARTS) is 1. The lowest BCUT2D eigenvalue weighted by molar-refractivity contribution is -0.140. The summed E-state index contributed by atoms with van der Waals surface area (Å²) in [5.74, 6) is 0.406. The number of carbonyl (C=O) groups is 1. The van der Waals surface area contributed by atoms with E-state index in [0.717, 1.165) is 28.9 Å². The number of piperazine rings is 1. The molecule has 0 radical (unpaired) electrons. The monoisotopic (exact) mass is 458 g/mol. The summed E-state index contributed by atoms with van der Waals surface area (Å²) < 4.78 is 6.43. The number of aliphatic carboxylic acids is 1. The first-order valence-electron chi connectivity index (χ1n) is 12.0. The van der Waals surface area contributed by atoms with Gasteiger partial charge >= 0.3 is 5.97 Å². The van der Waals surface area contributed by atoms with Gasteiger partial charge < -0.3 is 25.4 Å². The van der Waals surface area contributed by atoms with Crippen molar-refractivity contribution in [1.82, 2.24) is 10.2 Å². The molecule has 0 aromatic heterocycles. The van der Waals surface area contributed by atoms with Crippen molar-refractivity contribution < 1.29 is 24.9 Å². The maximum absolute atomic E-state index is 11.3. The Balaban J connectivity index is 1.57. The fraction of sp³-hybridized carbons (Fsp3) is 0.654. The van der Waals surface area contributed by atoms with Gasteiger partial charge in [0.1, 0.15) is 23.1 Å². The van der Waals surface area contributed by atoms with E-state index in [1.165, 1.54) is 0 Å². The van der Waals surface area contributed by atoms with Gasteiger partial charge in [0.25, 0.3) is 0 Å². The van der Waals surface area contributed by atoms with Crippen molar-refractivity contribution in [1.29, 1.82) is 0 Å². The lowest BCUT2D eigenvalue weighted by Gasteiger charge is -2.48. The van der Waals surface area contributed by atoms with Gasteiger partial charge in [0.2, 0.25) is 0 Å². The fourth-order valence-corrected chi connectivity index (χ4v) is 5.63. The van der Waals surface area contributed by atoms with E-state index in [-0.39, 0.29) is 28.6 Å². The molecule has 2 aliphatic heterocycles. The fourth-order valence-electron chi connectivity index (χ4n) is 5.63. The Morgan fingerprint density at radius 3 is 2.73 bits per heavy atom. The Morgan fingerprint density at radius 2 is 2.06 bits per heavy atom. The lowest BCUT2D eigenvalue weighted by atomic mass is 9.66. The number of ether oxygens (including phenoxy) is 1. The standard InChI is InChI=1S/C26H38N2O5/c1-25(2,3)16-11-20(29)23-17-10-15(6-7-18(17)26(4,5)33-22(23)12-16)21(30)14-28-9-8-27-19(13-28)24(31)32/h6,11-12,17-19,21,27,29-30H,7-10,13-14H2,1-5H3,(H,31,32)/t17-,18-,19?,21?/m1/s1. The topological polar surface area (TPSA) is 102 Å². The van der Waals surface area contributed by atoms with Crippen molar-refractivity contribution in [3.63, 3.8) is 0 Å². The van der Waals surface area contributed by atoms with E-state index in [4.69, 9.17) is 4.74 Å². The second-order valence-electron chi connectivity index (χ2n) is 11.4. The molecule has 3 aliphatic rings. The maximum Gasteiger partial charge on any atom is 0.322 e. The molecule has 1 aromatic rings. The number of nitrogens with zero attached hydrogens (tertiary/aromatic N) is 1. The number of fused-ring (bicyclic) bond motifs is 3. The molecular weight excluding hydrogens is 420 g/mol. The van der Waals surface area contributed by atoms with Crippen LogP contribution in [0.4, 0.5) is 0 Å². The SMILES string of the molecule is CC(C)(C)c1cc(O)c2c(c1)OC(C)(C)[C@@H]1CC=C(C(O)CN3CCNC(C(=O)O)C3)C[C@@H]21. The Morgan fingerprint density at radius 1 is 1.33 bits per heavy atom. The zero-order valence-corrected chi connectivity index (χ0v) is 20.4. The number of phenolic OH excluding ortho intramolecular Hbond substituents is 1. The molecule has 1 aliphatic carbocycles. The summed E-state index contributed by atoms with van der Waals surface area (Å²) >= 11 is 0. The molecule has 1 saturated heterocycles. The highest BCUT2D eigenvalue weighted by Gasteiger charge is 2.47. The van der Waals surface area contributed by atoms with E-state index < -0.39 is 18.1 Å². The van der Waals surface area contributed by atoms with E-state index in [0.29, 0.717) is 32.6 Å². The Hall–Kier alpha value is -2.09. The minimum Gasteiger partial charge on any atom is -0.508 e. The quantitative estimate of drug-likeness (QED) is 0.515. The number of aliphatic hydroxyl groups is 1. The number of β-amino-alcohol motifs (C(OH)–C–C–N with tert-alkyl or cyclic N) is 1. The third kappa shape index (κ3) is 4.77. The van der Waals surface area contributed by atoms with Crippen LogP contribution >= 0.6 is 0 Å². The molecule has 1 fully saturated rings. The molecule has 0 saturated carbocycles. The van der Waals surface area contributed by atoms with Gasteiger partial charge in [0, 0.05) is 43.6 Å². The van der Waals surface area contributed by atoms with Crippen LogP contribution in [0.15, 0.2) is 23.8 Å². The van der Waals surface area contributed by atoms with E-state index in [1.54, 1.807) is 0 Å². The normalized spacial score (nSPS) is 28.2.